The highest BCUT2D eigenvalue weighted by Crippen LogP contribution is 2.21. The van der Waals surface area contributed by atoms with Gasteiger partial charge in [-0.05, 0) is 30.0 Å². The van der Waals surface area contributed by atoms with Gasteiger partial charge >= 0.3 is 0 Å². The molecule has 0 radical (unpaired) electrons. The van der Waals surface area contributed by atoms with Gasteiger partial charge < -0.3 is 5.73 Å². The molecule has 4 nitrogen and oxygen atoms in total. The molecular formula is C16H22BrN3O. The van der Waals surface area contributed by atoms with Crippen molar-refractivity contribution in [3.63, 3.8) is 0 Å². The molecule has 1 aromatic carbocycles. The summed E-state index contributed by atoms with van der Waals surface area (Å²) in [5, 5.41) is 0. The average molecular weight is 352 g/mol. The molecule has 5 heteroatoms. The van der Waals surface area contributed by atoms with E-state index in [9.17, 15) is 4.79 Å². The Bertz CT molecular complexity index is 685. The number of halogens is 1. The van der Waals surface area contributed by atoms with Crippen LogP contribution in [-0.2, 0) is 13.1 Å². The summed E-state index contributed by atoms with van der Waals surface area (Å²) < 4.78 is 4.82. The summed E-state index contributed by atoms with van der Waals surface area (Å²) in [6.07, 6.45) is 0.964. The molecule has 0 aliphatic heterocycles. The second-order valence-corrected chi connectivity index (χ2v) is 6.49. The largest absolute Gasteiger partial charge is 0.393 e. The van der Waals surface area contributed by atoms with Gasteiger partial charge in [0.05, 0.1) is 12.2 Å². The number of benzene rings is 1. The maximum Gasteiger partial charge on any atom is 0.290 e. The molecule has 114 valence electrons. The molecule has 2 N–H and O–H groups in total. The van der Waals surface area contributed by atoms with Gasteiger partial charge in [-0.15, -0.1) is 0 Å². The summed E-state index contributed by atoms with van der Waals surface area (Å²) >= 11 is 3.47. The zero-order valence-electron chi connectivity index (χ0n) is 12.8. The highest BCUT2D eigenvalue weighted by Gasteiger charge is 2.19. The van der Waals surface area contributed by atoms with Crippen molar-refractivity contribution in [2.75, 3.05) is 5.73 Å². The Morgan fingerprint density at radius 3 is 2.57 bits per heavy atom. The molecule has 0 bridgehead atoms. The Labute approximate surface area is 133 Å². The molecule has 0 spiro atoms. The topological polar surface area (TPSA) is 52.9 Å². The minimum Gasteiger partial charge on any atom is -0.393 e. The van der Waals surface area contributed by atoms with Crippen LogP contribution < -0.4 is 11.3 Å². The molecule has 0 aliphatic carbocycles. The van der Waals surface area contributed by atoms with Crippen LogP contribution in [0.5, 0.6) is 0 Å². The maximum atomic E-state index is 12.5. The number of hydrogen-bond donors (Lipinski definition) is 1. The first-order valence-electron chi connectivity index (χ1n) is 7.29. The maximum absolute atomic E-state index is 12.5. The lowest BCUT2D eigenvalue weighted by Gasteiger charge is -2.16. The molecule has 0 fully saturated rings. The monoisotopic (exact) mass is 351 g/mol. The molecule has 2 rings (SSSR count). The molecule has 0 atom stereocenters. The van der Waals surface area contributed by atoms with E-state index in [2.05, 4.69) is 36.7 Å². The smallest absolute Gasteiger partial charge is 0.290 e. The van der Waals surface area contributed by atoms with Gasteiger partial charge in [-0.3, -0.25) is 9.48 Å². The van der Waals surface area contributed by atoms with E-state index in [0.717, 1.165) is 28.7 Å². The van der Waals surface area contributed by atoms with Crippen molar-refractivity contribution >= 4 is 21.6 Å². The van der Waals surface area contributed by atoms with Crippen molar-refractivity contribution in [3.05, 3.63) is 50.3 Å². The number of nitrogen functional groups attached to an aromatic ring is 1. The number of hydrogen-bond acceptors (Lipinski definition) is 2. The Morgan fingerprint density at radius 2 is 2.00 bits per heavy atom. The quantitative estimate of drug-likeness (QED) is 0.894. The minimum atomic E-state index is -0.0906. The standard InChI is InChI=1S/C16H22BrN3O/c1-4-8-19-15(11(2)3)14(18)16(21)20(19)10-12-6-5-7-13(17)9-12/h5-7,9,11H,4,8,10,18H2,1-3H3. The predicted molar refractivity (Wildman–Crippen MR) is 90.7 cm³/mol. The summed E-state index contributed by atoms with van der Waals surface area (Å²) in [6.45, 7) is 7.58. The number of anilines is 1. The highest BCUT2D eigenvalue weighted by atomic mass is 79.9. The first-order chi connectivity index (χ1) is 9.95. The summed E-state index contributed by atoms with van der Waals surface area (Å²) in [4.78, 5) is 12.5. The number of rotatable bonds is 5. The lowest BCUT2D eigenvalue weighted by molar-refractivity contribution is 0.443. The lowest BCUT2D eigenvalue weighted by Crippen LogP contribution is -2.25. The van der Waals surface area contributed by atoms with Gasteiger partial charge in [-0.25, -0.2) is 4.68 Å². The van der Waals surface area contributed by atoms with E-state index in [1.54, 1.807) is 4.68 Å². The van der Waals surface area contributed by atoms with Gasteiger partial charge in [0.1, 0.15) is 5.69 Å². The van der Waals surface area contributed by atoms with Gasteiger partial charge in [0.25, 0.3) is 5.56 Å². The van der Waals surface area contributed by atoms with Crippen LogP contribution in [0.15, 0.2) is 33.5 Å². The fraction of sp³-hybridized carbons (Fsp3) is 0.438. The van der Waals surface area contributed by atoms with Crippen LogP contribution in [0, 0.1) is 0 Å². The third-order valence-corrected chi connectivity index (χ3v) is 4.01. The molecule has 1 aromatic heterocycles. The van der Waals surface area contributed by atoms with E-state index in [1.165, 1.54) is 0 Å². The normalized spacial score (nSPS) is 11.3. The van der Waals surface area contributed by atoms with Gasteiger partial charge in [0.15, 0.2) is 0 Å². The molecule has 2 aromatic rings. The number of nitrogens with two attached hydrogens (primary N) is 1. The molecule has 1 heterocycles. The van der Waals surface area contributed by atoms with Crippen LogP contribution in [-0.4, -0.2) is 9.36 Å². The second kappa shape index (κ2) is 6.52. The first kappa shape index (κ1) is 15.9. The first-order valence-corrected chi connectivity index (χ1v) is 8.08. The van der Waals surface area contributed by atoms with Crippen molar-refractivity contribution in [1.29, 1.82) is 0 Å². The summed E-state index contributed by atoms with van der Waals surface area (Å²) in [7, 11) is 0. The fourth-order valence-corrected chi connectivity index (χ4v) is 3.10. The zero-order valence-corrected chi connectivity index (χ0v) is 14.4. The second-order valence-electron chi connectivity index (χ2n) is 5.57. The number of nitrogens with zero attached hydrogens (tertiary/aromatic N) is 2. The van der Waals surface area contributed by atoms with E-state index in [-0.39, 0.29) is 11.5 Å². The number of aromatic nitrogens is 2. The summed E-state index contributed by atoms with van der Waals surface area (Å²) in [6, 6.07) is 8.00. The van der Waals surface area contributed by atoms with E-state index < -0.39 is 0 Å². The molecule has 0 saturated carbocycles. The van der Waals surface area contributed by atoms with Gasteiger partial charge in [0.2, 0.25) is 0 Å². The fourth-order valence-electron chi connectivity index (χ4n) is 2.65. The van der Waals surface area contributed by atoms with Crippen LogP contribution >= 0.6 is 15.9 Å². The Hall–Kier alpha value is -1.49. The van der Waals surface area contributed by atoms with Crippen LogP contribution in [0.1, 0.15) is 44.4 Å². The van der Waals surface area contributed by atoms with Crippen LogP contribution in [0.3, 0.4) is 0 Å². The Balaban J connectivity index is 2.52. The highest BCUT2D eigenvalue weighted by molar-refractivity contribution is 9.10. The zero-order chi connectivity index (χ0) is 15.6. The lowest BCUT2D eigenvalue weighted by atomic mass is 10.1. The van der Waals surface area contributed by atoms with Crippen LogP contribution in [0.25, 0.3) is 0 Å². The average Bonchev–Trinajstić information content (AvgIpc) is 2.64. The van der Waals surface area contributed by atoms with E-state index in [1.807, 2.05) is 28.9 Å². The molecule has 0 unspecified atom stereocenters. The van der Waals surface area contributed by atoms with E-state index in [4.69, 9.17) is 5.73 Å². The van der Waals surface area contributed by atoms with Crippen molar-refractivity contribution < 1.29 is 0 Å². The van der Waals surface area contributed by atoms with Crippen LogP contribution in [0.4, 0.5) is 5.69 Å². The molecular weight excluding hydrogens is 330 g/mol. The summed E-state index contributed by atoms with van der Waals surface area (Å²) in [5.74, 6) is 0.230. The minimum absolute atomic E-state index is 0.0906. The van der Waals surface area contributed by atoms with Crippen molar-refractivity contribution in [2.24, 2.45) is 0 Å². The van der Waals surface area contributed by atoms with Gasteiger partial charge in [-0.1, -0.05) is 48.8 Å². The van der Waals surface area contributed by atoms with Crippen molar-refractivity contribution in [1.82, 2.24) is 9.36 Å². The predicted octanol–water partition coefficient (Wildman–Crippen LogP) is 3.58. The SMILES string of the molecule is CCCn1c(C(C)C)c(N)c(=O)n1Cc1cccc(Br)c1. The Kier molecular flexibility index (Phi) is 4.93. The third-order valence-electron chi connectivity index (χ3n) is 3.51. The Morgan fingerprint density at radius 1 is 1.29 bits per heavy atom. The molecule has 0 amide bonds. The van der Waals surface area contributed by atoms with Gasteiger partial charge in [-0.2, -0.15) is 0 Å². The summed E-state index contributed by atoms with van der Waals surface area (Å²) in [5.41, 5.74) is 8.37. The molecule has 21 heavy (non-hydrogen) atoms. The molecule has 0 saturated heterocycles. The van der Waals surface area contributed by atoms with Crippen molar-refractivity contribution in [2.45, 2.75) is 46.2 Å². The van der Waals surface area contributed by atoms with Crippen molar-refractivity contribution in [3.8, 4) is 0 Å². The van der Waals surface area contributed by atoms with Gasteiger partial charge in [0, 0.05) is 11.0 Å². The van der Waals surface area contributed by atoms with E-state index >= 15 is 0 Å². The molecule has 0 aliphatic rings. The van der Waals surface area contributed by atoms with Crippen LogP contribution in [0.2, 0.25) is 0 Å². The third kappa shape index (κ3) is 3.23. The van der Waals surface area contributed by atoms with E-state index in [0.29, 0.717) is 12.2 Å².